The van der Waals surface area contributed by atoms with E-state index in [-0.39, 0.29) is 11.2 Å². The Kier molecular flexibility index (Phi) is 4.23. The predicted molar refractivity (Wildman–Crippen MR) is 77.8 cm³/mol. The van der Waals surface area contributed by atoms with Gasteiger partial charge in [0.1, 0.15) is 0 Å². The lowest BCUT2D eigenvalue weighted by Gasteiger charge is -2.20. The van der Waals surface area contributed by atoms with Gasteiger partial charge in [0.05, 0.1) is 5.25 Å². The van der Waals surface area contributed by atoms with E-state index in [4.69, 9.17) is 5.73 Å². The van der Waals surface area contributed by atoms with Crippen molar-refractivity contribution in [1.29, 1.82) is 0 Å². The first-order chi connectivity index (χ1) is 8.16. The van der Waals surface area contributed by atoms with E-state index in [1.165, 1.54) is 0 Å². The van der Waals surface area contributed by atoms with Gasteiger partial charge < -0.3 is 11.1 Å². The Hall–Kier alpha value is -0.810. The van der Waals surface area contributed by atoms with Crippen LogP contribution < -0.4 is 11.1 Å². The van der Waals surface area contributed by atoms with Crippen molar-refractivity contribution in [2.75, 3.05) is 28.3 Å². The van der Waals surface area contributed by atoms with E-state index in [0.717, 1.165) is 28.5 Å². The monoisotopic (exact) mass is 268 g/mol. The van der Waals surface area contributed by atoms with Crippen LogP contribution in [0.15, 0.2) is 18.2 Å². The fourth-order valence-corrected chi connectivity index (χ4v) is 4.18. The second kappa shape index (κ2) is 5.69. The van der Waals surface area contributed by atoms with Gasteiger partial charge in [-0.1, -0.05) is 6.07 Å². The molecule has 5 heteroatoms. The highest BCUT2D eigenvalue weighted by atomic mass is 32.2. The summed E-state index contributed by atoms with van der Waals surface area (Å²) >= 11 is 3.58. The quantitative estimate of drug-likeness (QED) is 0.809. The molecule has 1 aromatic rings. The minimum Gasteiger partial charge on any atom is -0.399 e. The molecule has 3 nitrogen and oxygen atoms in total. The molecule has 1 fully saturated rings. The van der Waals surface area contributed by atoms with E-state index < -0.39 is 0 Å². The lowest BCUT2D eigenvalue weighted by molar-refractivity contribution is -0.115. The highest BCUT2D eigenvalue weighted by molar-refractivity contribution is 8.07. The fraction of sp³-hybridized carbons (Fsp3) is 0.417. The molecule has 92 valence electrons. The molecule has 1 aliphatic rings. The Bertz CT molecular complexity index is 417. The molecule has 1 aromatic carbocycles. The first-order valence-corrected chi connectivity index (χ1v) is 7.73. The van der Waals surface area contributed by atoms with Crippen molar-refractivity contribution in [3.8, 4) is 0 Å². The van der Waals surface area contributed by atoms with Gasteiger partial charge in [0.2, 0.25) is 5.91 Å². The van der Waals surface area contributed by atoms with Crippen molar-refractivity contribution in [2.45, 2.75) is 12.2 Å². The van der Waals surface area contributed by atoms with E-state index in [9.17, 15) is 4.79 Å². The molecule has 0 bridgehead atoms. The molecule has 0 aliphatic carbocycles. The van der Waals surface area contributed by atoms with E-state index in [1.54, 1.807) is 11.8 Å². The highest BCUT2D eigenvalue weighted by Gasteiger charge is 2.22. The maximum atomic E-state index is 12.0. The molecule has 1 unspecified atom stereocenters. The number of nitrogen functional groups attached to an aromatic ring is 1. The second-order valence-corrected chi connectivity index (χ2v) is 6.46. The zero-order valence-electron chi connectivity index (χ0n) is 9.73. The molecule has 1 amide bonds. The topological polar surface area (TPSA) is 55.1 Å². The molecule has 17 heavy (non-hydrogen) atoms. The number of nitrogens with two attached hydrogens (primary N) is 1. The summed E-state index contributed by atoms with van der Waals surface area (Å²) in [6.45, 7) is 1.97. The van der Waals surface area contributed by atoms with Crippen molar-refractivity contribution >= 4 is 40.8 Å². The summed E-state index contributed by atoms with van der Waals surface area (Å²) in [5.41, 5.74) is 8.27. The van der Waals surface area contributed by atoms with Gasteiger partial charge in [-0.15, -0.1) is 11.8 Å². The van der Waals surface area contributed by atoms with Gasteiger partial charge in [-0.3, -0.25) is 4.79 Å². The molecular weight excluding hydrogens is 252 g/mol. The van der Waals surface area contributed by atoms with Crippen LogP contribution in [0.1, 0.15) is 5.56 Å². The Labute approximate surface area is 110 Å². The van der Waals surface area contributed by atoms with Crippen LogP contribution in [-0.2, 0) is 4.79 Å². The van der Waals surface area contributed by atoms with Gasteiger partial charge in [-0.25, -0.2) is 0 Å². The Morgan fingerprint density at radius 2 is 2.29 bits per heavy atom. The van der Waals surface area contributed by atoms with Gasteiger partial charge in [0, 0.05) is 28.6 Å². The van der Waals surface area contributed by atoms with Gasteiger partial charge >= 0.3 is 0 Å². The van der Waals surface area contributed by atoms with Crippen molar-refractivity contribution in [2.24, 2.45) is 0 Å². The van der Waals surface area contributed by atoms with Crippen LogP contribution in [0, 0.1) is 6.92 Å². The standard InChI is InChI=1S/C12H16N2OS2/c1-8-2-3-9(13)6-10(8)14-12(15)11-7-16-4-5-17-11/h2-3,6,11H,4-5,7,13H2,1H3,(H,14,15). The largest absolute Gasteiger partial charge is 0.399 e. The molecule has 1 atom stereocenters. The number of hydrogen-bond donors (Lipinski definition) is 2. The van der Waals surface area contributed by atoms with Crippen molar-refractivity contribution in [1.82, 2.24) is 0 Å². The Morgan fingerprint density at radius 3 is 3.00 bits per heavy atom. The number of carbonyl (C=O) groups excluding carboxylic acids is 1. The summed E-state index contributed by atoms with van der Waals surface area (Å²) in [7, 11) is 0. The van der Waals surface area contributed by atoms with Crippen LogP contribution in [-0.4, -0.2) is 28.4 Å². The molecular formula is C12H16N2OS2. The predicted octanol–water partition coefficient (Wildman–Crippen LogP) is 2.36. The van der Waals surface area contributed by atoms with E-state index >= 15 is 0 Å². The summed E-state index contributed by atoms with van der Waals surface area (Å²) in [6.07, 6.45) is 0. The van der Waals surface area contributed by atoms with Crippen LogP contribution in [0.2, 0.25) is 0 Å². The Morgan fingerprint density at radius 1 is 1.47 bits per heavy atom. The number of amides is 1. The third kappa shape index (κ3) is 3.33. The molecule has 0 saturated carbocycles. The average Bonchev–Trinajstić information content (AvgIpc) is 2.35. The third-order valence-electron chi connectivity index (χ3n) is 2.63. The number of anilines is 2. The van der Waals surface area contributed by atoms with E-state index in [0.29, 0.717) is 5.69 Å². The molecule has 1 heterocycles. The molecule has 0 radical (unpaired) electrons. The van der Waals surface area contributed by atoms with Gasteiger partial charge in [0.25, 0.3) is 0 Å². The molecule has 3 N–H and O–H groups in total. The summed E-state index contributed by atoms with van der Waals surface area (Å²) in [6, 6.07) is 5.58. The van der Waals surface area contributed by atoms with Crippen LogP contribution in [0.25, 0.3) is 0 Å². The van der Waals surface area contributed by atoms with Gasteiger partial charge in [0.15, 0.2) is 0 Å². The van der Waals surface area contributed by atoms with Gasteiger partial charge in [-0.05, 0) is 24.6 Å². The number of aryl methyl sites for hydroxylation is 1. The lowest BCUT2D eigenvalue weighted by Crippen LogP contribution is -2.30. The minimum atomic E-state index is 0.0644. The summed E-state index contributed by atoms with van der Waals surface area (Å²) in [4.78, 5) is 12.0. The minimum absolute atomic E-state index is 0.0644. The van der Waals surface area contributed by atoms with Crippen LogP contribution >= 0.6 is 23.5 Å². The summed E-state index contributed by atoms with van der Waals surface area (Å²) in [5, 5.41) is 3.03. The number of nitrogens with one attached hydrogen (secondary N) is 1. The first-order valence-electron chi connectivity index (χ1n) is 5.53. The molecule has 1 saturated heterocycles. The third-order valence-corrected chi connectivity index (χ3v) is 5.38. The fourth-order valence-electron chi connectivity index (χ4n) is 1.63. The SMILES string of the molecule is Cc1ccc(N)cc1NC(=O)C1CSCCS1. The van der Waals surface area contributed by atoms with E-state index in [1.807, 2.05) is 36.9 Å². The van der Waals surface area contributed by atoms with Crippen molar-refractivity contribution in [3.63, 3.8) is 0 Å². The maximum Gasteiger partial charge on any atom is 0.238 e. The smallest absolute Gasteiger partial charge is 0.238 e. The van der Waals surface area contributed by atoms with E-state index in [2.05, 4.69) is 5.32 Å². The zero-order valence-corrected chi connectivity index (χ0v) is 11.4. The number of thioether (sulfide) groups is 2. The summed E-state index contributed by atoms with van der Waals surface area (Å²) in [5.74, 6) is 3.19. The number of rotatable bonds is 2. The van der Waals surface area contributed by atoms with Crippen molar-refractivity contribution in [3.05, 3.63) is 23.8 Å². The van der Waals surface area contributed by atoms with Crippen LogP contribution in [0.3, 0.4) is 0 Å². The number of benzene rings is 1. The Balaban J connectivity index is 2.04. The highest BCUT2D eigenvalue weighted by Crippen LogP contribution is 2.26. The average molecular weight is 268 g/mol. The zero-order chi connectivity index (χ0) is 12.3. The van der Waals surface area contributed by atoms with Gasteiger partial charge in [-0.2, -0.15) is 11.8 Å². The molecule has 1 aliphatic heterocycles. The van der Waals surface area contributed by atoms with Crippen molar-refractivity contribution < 1.29 is 4.79 Å². The normalized spacial score (nSPS) is 19.9. The first kappa shape index (κ1) is 12.6. The molecule has 0 aromatic heterocycles. The number of carbonyl (C=O) groups is 1. The summed E-state index contributed by atoms with van der Waals surface area (Å²) < 4.78 is 0. The van der Waals surface area contributed by atoms with Crippen LogP contribution in [0.4, 0.5) is 11.4 Å². The maximum absolute atomic E-state index is 12.0. The van der Waals surface area contributed by atoms with Crippen LogP contribution in [0.5, 0.6) is 0 Å². The molecule has 0 spiro atoms. The lowest BCUT2D eigenvalue weighted by atomic mass is 10.2. The number of hydrogen-bond acceptors (Lipinski definition) is 4. The molecule has 2 rings (SSSR count). The second-order valence-electron chi connectivity index (χ2n) is 4.00.